The summed E-state index contributed by atoms with van der Waals surface area (Å²) in [6, 6.07) is 9.05. The van der Waals surface area contributed by atoms with E-state index in [-0.39, 0.29) is 0 Å². The van der Waals surface area contributed by atoms with E-state index in [0.717, 1.165) is 23.7 Å². The second-order valence-corrected chi connectivity index (χ2v) is 8.04. The quantitative estimate of drug-likeness (QED) is 0.531. The van der Waals surface area contributed by atoms with Crippen LogP contribution in [0.1, 0.15) is 62.8 Å². The second kappa shape index (κ2) is 7.13. The Morgan fingerprint density at radius 1 is 1.00 bits per heavy atom. The van der Waals surface area contributed by atoms with Crippen molar-refractivity contribution in [2.45, 2.75) is 57.3 Å². The molecule has 2 aliphatic rings. The molecule has 0 heterocycles. The summed E-state index contributed by atoms with van der Waals surface area (Å²) in [5, 5.41) is 0. The van der Waals surface area contributed by atoms with Gasteiger partial charge in [0, 0.05) is 4.47 Å². The maximum absolute atomic E-state index is 3.87. The Bertz CT molecular complexity index is 461. The minimum atomic E-state index is 0.809. The topological polar surface area (TPSA) is 0 Å². The molecule has 0 aromatic heterocycles. The van der Waals surface area contributed by atoms with Crippen molar-refractivity contribution in [3.63, 3.8) is 0 Å². The lowest BCUT2D eigenvalue weighted by atomic mass is 9.63. The monoisotopic (exact) mass is 346 g/mol. The van der Waals surface area contributed by atoms with Gasteiger partial charge in [-0.25, -0.2) is 0 Å². The maximum Gasteiger partial charge on any atom is 0.0175 e. The van der Waals surface area contributed by atoms with E-state index in [1.807, 2.05) is 0 Å². The van der Waals surface area contributed by atoms with Crippen molar-refractivity contribution in [3.8, 4) is 0 Å². The van der Waals surface area contributed by atoms with Gasteiger partial charge in [-0.2, -0.15) is 0 Å². The average molecular weight is 347 g/mol. The van der Waals surface area contributed by atoms with Crippen LogP contribution < -0.4 is 0 Å². The predicted octanol–water partition coefficient (Wildman–Crippen LogP) is 6.72. The fraction of sp³-hybridized carbons (Fsp3) is 0.600. The van der Waals surface area contributed by atoms with Gasteiger partial charge in [-0.15, -0.1) is 6.58 Å². The fourth-order valence-electron chi connectivity index (χ4n) is 4.64. The largest absolute Gasteiger partial charge is 0.103 e. The van der Waals surface area contributed by atoms with Crippen molar-refractivity contribution >= 4 is 15.9 Å². The molecular weight excluding hydrogens is 320 g/mol. The summed E-state index contributed by atoms with van der Waals surface area (Å²) in [5.41, 5.74) is 1.56. The van der Waals surface area contributed by atoms with Gasteiger partial charge in [0.1, 0.15) is 0 Å². The van der Waals surface area contributed by atoms with Crippen LogP contribution in [-0.4, -0.2) is 0 Å². The van der Waals surface area contributed by atoms with Crippen molar-refractivity contribution in [2.75, 3.05) is 0 Å². The molecule has 2 saturated carbocycles. The Labute approximate surface area is 138 Å². The highest BCUT2D eigenvalue weighted by atomic mass is 79.9. The third-order valence-corrected chi connectivity index (χ3v) is 6.37. The molecule has 0 saturated heterocycles. The first-order valence-electron chi connectivity index (χ1n) is 8.62. The highest BCUT2D eigenvalue weighted by Crippen LogP contribution is 2.48. The summed E-state index contributed by atoms with van der Waals surface area (Å²) < 4.78 is 1.20. The van der Waals surface area contributed by atoms with Crippen LogP contribution in [0.2, 0.25) is 0 Å². The van der Waals surface area contributed by atoms with Gasteiger partial charge in [-0.05, 0) is 86.3 Å². The van der Waals surface area contributed by atoms with E-state index < -0.39 is 0 Å². The minimum absolute atomic E-state index is 0.809. The molecule has 0 bridgehead atoms. The number of benzene rings is 1. The van der Waals surface area contributed by atoms with Crippen LogP contribution in [0.25, 0.3) is 0 Å². The van der Waals surface area contributed by atoms with E-state index in [1.54, 1.807) is 5.56 Å². The zero-order valence-electron chi connectivity index (χ0n) is 12.9. The van der Waals surface area contributed by atoms with Crippen LogP contribution >= 0.6 is 15.9 Å². The van der Waals surface area contributed by atoms with Crippen LogP contribution in [0.5, 0.6) is 0 Å². The van der Waals surface area contributed by atoms with Crippen molar-refractivity contribution < 1.29 is 0 Å². The maximum atomic E-state index is 3.87. The molecular formula is C20H27Br. The number of fused-ring (bicyclic) bond motifs is 1. The van der Waals surface area contributed by atoms with Gasteiger partial charge in [-0.3, -0.25) is 0 Å². The minimum Gasteiger partial charge on any atom is -0.103 e. The number of allylic oxidation sites excluding steroid dienone is 1. The number of halogens is 1. The Hall–Kier alpha value is -0.560. The van der Waals surface area contributed by atoms with Gasteiger partial charge in [0.2, 0.25) is 0 Å². The van der Waals surface area contributed by atoms with E-state index in [4.69, 9.17) is 0 Å². The Kier molecular flexibility index (Phi) is 5.21. The second-order valence-electron chi connectivity index (χ2n) is 7.13. The first-order chi connectivity index (χ1) is 10.3. The SMILES string of the molecule is C=CCCC1CCC2C[C@H](c3ccc(Br)cc3)CC[C@@H]2C1. The van der Waals surface area contributed by atoms with Gasteiger partial charge >= 0.3 is 0 Å². The Balaban J connectivity index is 1.57. The normalized spacial score (nSPS) is 32.4. The van der Waals surface area contributed by atoms with Crippen LogP contribution in [-0.2, 0) is 0 Å². The van der Waals surface area contributed by atoms with Crippen LogP contribution in [0.3, 0.4) is 0 Å². The van der Waals surface area contributed by atoms with Crippen LogP contribution in [0.15, 0.2) is 41.4 Å². The molecule has 2 aliphatic carbocycles. The average Bonchev–Trinajstić information content (AvgIpc) is 2.53. The van der Waals surface area contributed by atoms with Crippen molar-refractivity contribution in [2.24, 2.45) is 17.8 Å². The molecule has 0 aliphatic heterocycles. The third-order valence-electron chi connectivity index (χ3n) is 5.84. The summed E-state index contributed by atoms with van der Waals surface area (Å²) >= 11 is 3.55. The zero-order chi connectivity index (χ0) is 14.7. The molecule has 21 heavy (non-hydrogen) atoms. The summed E-state index contributed by atoms with van der Waals surface area (Å²) in [6.45, 7) is 3.87. The zero-order valence-corrected chi connectivity index (χ0v) is 14.5. The van der Waals surface area contributed by atoms with E-state index in [2.05, 4.69) is 52.9 Å². The van der Waals surface area contributed by atoms with Crippen molar-refractivity contribution in [1.29, 1.82) is 0 Å². The molecule has 1 aromatic carbocycles. The third kappa shape index (κ3) is 3.80. The van der Waals surface area contributed by atoms with E-state index >= 15 is 0 Å². The molecule has 2 fully saturated rings. The fourth-order valence-corrected chi connectivity index (χ4v) is 4.90. The Morgan fingerprint density at radius 2 is 1.71 bits per heavy atom. The van der Waals surface area contributed by atoms with E-state index in [9.17, 15) is 0 Å². The molecule has 2 unspecified atom stereocenters. The molecule has 114 valence electrons. The molecule has 4 atom stereocenters. The lowest BCUT2D eigenvalue weighted by molar-refractivity contribution is 0.115. The van der Waals surface area contributed by atoms with Gasteiger partial charge in [0.25, 0.3) is 0 Å². The van der Waals surface area contributed by atoms with Gasteiger partial charge in [0.15, 0.2) is 0 Å². The molecule has 0 radical (unpaired) electrons. The van der Waals surface area contributed by atoms with Crippen molar-refractivity contribution in [1.82, 2.24) is 0 Å². The number of rotatable bonds is 4. The number of hydrogen-bond acceptors (Lipinski definition) is 0. The summed E-state index contributed by atoms with van der Waals surface area (Å²) in [6.07, 6.45) is 13.4. The lowest BCUT2D eigenvalue weighted by Gasteiger charge is -2.42. The lowest BCUT2D eigenvalue weighted by Crippen LogP contribution is -2.30. The van der Waals surface area contributed by atoms with Gasteiger partial charge < -0.3 is 0 Å². The predicted molar refractivity (Wildman–Crippen MR) is 94.5 cm³/mol. The molecule has 0 amide bonds. The smallest absolute Gasteiger partial charge is 0.0175 e. The molecule has 3 rings (SSSR count). The van der Waals surface area contributed by atoms with Crippen LogP contribution in [0, 0.1) is 17.8 Å². The van der Waals surface area contributed by atoms with Crippen molar-refractivity contribution in [3.05, 3.63) is 47.0 Å². The number of hydrogen-bond donors (Lipinski definition) is 0. The summed E-state index contributed by atoms with van der Waals surface area (Å²) in [5.74, 6) is 3.80. The summed E-state index contributed by atoms with van der Waals surface area (Å²) in [7, 11) is 0. The standard InChI is InChI=1S/C20H27Br/c1-2-3-4-15-5-6-19-14-18(8-7-17(19)13-15)16-9-11-20(21)12-10-16/h2,9-12,15,17-19H,1,3-8,13-14H2/t15?,17-,18-,19?/m1/s1. The van der Waals surface area contributed by atoms with Crippen LogP contribution in [0.4, 0.5) is 0 Å². The molecule has 0 N–H and O–H groups in total. The summed E-state index contributed by atoms with van der Waals surface area (Å²) in [4.78, 5) is 0. The van der Waals surface area contributed by atoms with Gasteiger partial charge in [0.05, 0.1) is 0 Å². The molecule has 1 aromatic rings. The highest BCUT2D eigenvalue weighted by molar-refractivity contribution is 9.10. The van der Waals surface area contributed by atoms with Gasteiger partial charge in [-0.1, -0.05) is 40.6 Å². The highest BCUT2D eigenvalue weighted by Gasteiger charge is 2.35. The Morgan fingerprint density at radius 3 is 2.48 bits per heavy atom. The molecule has 0 nitrogen and oxygen atoms in total. The first kappa shape index (κ1) is 15.3. The van der Waals surface area contributed by atoms with E-state index in [0.29, 0.717) is 0 Å². The molecule has 0 spiro atoms. The first-order valence-corrected chi connectivity index (χ1v) is 9.42. The molecule has 1 heteroatoms. The van der Waals surface area contributed by atoms with E-state index in [1.165, 1.54) is 55.8 Å².